The molecule has 3 heterocycles. The normalized spacial score (nSPS) is 22.3. The molecule has 5 N–H and O–H groups in total. The van der Waals surface area contributed by atoms with Crippen LogP contribution in [-0.2, 0) is 34.1 Å². The summed E-state index contributed by atoms with van der Waals surface area (Å²) in [5, 5.41) is 22.0. The number of nitrogens with one attached hydrogen (secondary N) is 4. The van der Waals surface area contributed by atoms with E-state index in [0.717, 1.165) is 41.6 Å². The molecular weight excluding hydrogens is 839 g/mol. The zero-order valence-electron chi connectivity index (χ0n) is 40.1. The summed E-state index contributed by atoms with van der Waals surface area (Å²) < 4.78 is 9.71. The van der Waals surface area contributed by atoms with E-state index in [-0.39, 0.29) is 53.6 Å². The standard InChI is InChI=1S/C51H71N7O8/c1-32(2)43(54-48(63)65-8)46(61)56-28-10-12-42(56)45(60)53-38-21-15-35(16-22-38)41-26-25-40(58(41)39-23-17-36(18-24-39)50(5,6)7)34-13-19-37(20-14-34)52-30-51(31-59)27-11-29-57(51)47(62)44(33(3)4)55-49(64)66-9/h13-24,31-33,40-44,48,52,54,63H,10-12,25-30H2,1-9H3,(H,53,60)(H,55,64)/t40-,41?,42+,43+,44+,48?,51-/m1/s1. The van der Waals surface area contributed by atoms with Crippen molar-refractivity contribution in [1.29, 1.82) is 0 Å². The number of ether oxygens (including phenoxy) is 2. The zero-order chi connectivity index (χ0) is 47.9. The van der Waals surface area contributed by atoms with Gasteiger partial charge in [-0.05, 0) is 109 Å². The lowest BCUT2D eigenvalue weighted by molar-refractivity contribution is -0.146. The number of alkyl carbamates (subject to hydrolysis) is 1. The average Bonchev–Trinajstić information content (AvgIpc) is 4.08. The van der Waals surface area contributed by atoms with Crippen LogP contribution in [0.25, 0.3) is 0 Å². The Balaban J connectivity index is 1.18. The van der Waals surface area contributed by atoms with E-state index < -0.39 is 36.2 Å². The summed E-state index contributed by atoms with van der Waals surface area (Å²) in [5.74, 6) is -1.14. The molecule has 358 valence electrons. The number of amides is 4. The van der Waals surface area contributed by atoms with Gasteiger partial charge in [0.25, 0.3) is 0 Å². The molecule has 3 saturated heterocycles. The van der Waals surface area contributed by atoms with Crippen LogP contribution < -0.4 is 26.2 Å². The third-order valence-corrected chi connectivity index (χ3v) is 13.6. The van der Waals surface area contributed by atoms with E-state index in [2.05, 4.69) is 95.5 Å². The van der Waals surface area contributed by atoms with Crippen molar-refractivity contribution in [3.8, 4) is 0 Å². The van der Waals surface area contributed by atoms with Gasteiger partial charge in [-0.15, -0.1) is 0 Å². The topological polar surface area (TPSA) is 182 Å². The number of methoxy groups -OCH3 is 2. The maximum atomic E-state index is 13.8. The highest BCUT2D eigenvalue weighted by molar-refractivity contribution is 5.98. The Kier molecular flexibility index (Phi) is 16.2. The minimum Gasteiger partial charge on any atom is -0.453 e. The van der Waals surface area contributed by atoms with Crippen molar-refractivity contribution in [3.05, 3.63) is 89.5 Å². The van der Waals surface area contributed by atoms with Gasteiger partial charge in [-0.25, -0.2) is 4.79 Å². The van der Waals surface area contributed by atoms with Crippen molar-refractivity contribution in [2.75, 3.05) is 49.4 Å². The van der Waals surface area contributed by atoms with Crippen LogP contribution in [-0.4, -0.2) is 109 Å². The van der Waals surface area contributed by atoms with Gasteiger partial charge in [0.1, 0.15) is 23.9 Å². The fraction of sp³-hybridized carbons (Fsp3) is 0.549. The SMILES string of the molecule is COC(=O)N[C@H](C(=O)N1CCC[C@]1(C=O)CNc1ccc([C@H]2CCC(c3ccc(NC(=O)[C@@H]4CCCN4C(=O)[C@@H](NC(O)OC)C(C)C)cc3)N2c2ccc(C(C)(C)C)cc2)cc1)C(C)C. The molecule has 0 saturated carbocycles. The molecule has 3 aliphatic rings. The quantitative estimate of drug-likeness (QED) is 0.0704. The van der Waals surface area contributed by atoms with Crippen LogP contribution in [0.2, 0.25) is 0 Å². The van der Waals surface area contributed by atoms with Crippen LogP contribution in [0.4, 0.5) is 21.9 Å². The predicted molar refractivity (Wildman–Crippen MR) is 256 cm³/mol. The second-order valence-corrected chi connectivity index (χ2v) is 19.7. The van der Waals surface area contributed by atoms with Crippen molar-refractivity contribution in [2.45, 2.75) is 135 Å². The number of aliphatic hydroxyl groups is 1. The first-order valence-electron chi connectivity index (χ1n) is 23.4. The molecule has 3 aromatic rings. The van der Waals surface area contributed by atoms with Gasteiger partial charge in [-0.2, -0.15) is 0 Å². The smallest absolute Gasteiger partial charge is 0.407 e. The van der Waals surface area contributed by atoms with E-state index in [9.17, 15) is 29.1 Å². The summed E-state index contributed by atoms with van der Waals surface area (Å²) in [4.78, 5) is 71.7. The number of aliphatic hydroxyl groups excluding tert-OH is 1. The molecule has 66 heavy (non-hydrogen) atoms. The Morgan fingerprint density at radius 3 is 1.91 bits per heavy atom. The molecule has 0 spiro atoms. The van der Waals surface area contributed by atoms with Crippen molar-refractivity contribution in [1.82, 2.24) is 20.4 Å². The summed E-state index contributed by atoms with van der Waals surface area (Å²) in [7, 11) is 2.61. The number of hydrogen-bond donors (Lipinski definition) is 5. The fourth-order valence-electron chi connectivity index (χ4n) is 9.75. The number of carbonyl (C=O) groups excluding carboxylic acids is 5. The lowest BCUT2D eigenvalue weighted by atomic mass is 9.87. The summed E-state index contributed by atoms with van der Waals surface area (Å²) in [6, 6.07) is 23.1. The van der Waals surface area contributed by atoms with Crippen LogP contribution in [0.5, 0.6) is 0 Å². The first-order valence-corrected chi connectivity index (χ1v) is 23.4. The molecule has 0 radical (unpaired) electrons. The molecule has 0 aliphatic carbocycles. The number of nitrogens with zero attached hydrogens (tertiary/aromatic N) is 3. The molecular formula is C51H71N7O8. The Morgan fingerprint density at radius 1 is 0.788 bits per heavy atom. The summed E-state index contributed by atoms with van der Waals surface area (Å²) >= 11 is 0. The Morgan fingerprint density at radius 2 is 1.38 bits per heavy atom. The number of aldehydes is 1. The second-order valence-electron chi connectivity index (χ2n) is 19.7. The van der Waals surface area contributed by atoms with E-state index >= 15 is 0 Å². The minimum atomic E-state index is -1.30. The molecule has 4 amide bonds. The van der Waals surface area contributed by atoms with Crippen molar-refractivity contribution < 1.29 is 38.6 Å². The van der Waals surface area contributed by atoms with Gasteiger partial charge < -0.3 is 50.0 Å². The Labute approximate surface area is 390 Å². The van der Waals surface area contributed by atoms with Gasteiger partial charge in [-0.1, -0.05) is 84.9 Å². The lowest BCUT2D eigenvalue weighted by Gasteiger charge is -2.37. The van der Waals surface area contributed by atoms with Gasteiger partial charge in [0.2, 0.25) is 24.1 Å². The minimum absolute atomic E-state index is 0.00485. The van der Waals surface area contributed by atoms with Gasteiger partial charge >= 0.3 is 6.09 Å². The van der Waals surface area contributed by atoms with Crippen molar-refractivity contribution >= 4 is 47.2 Å². The van der Waals surface area contributed by atoms with Crippen LogP contribution in [0.15, 0.2) is 72.8 Å². The monoisotopic (exact) mass is 910 g/mol. The molecule has 0 bridgehead atoms. The molecule has 0 aromatic heterocycles. The van der Waals surface area contributed by atoms with Crippen molar-refractivity contribution in [3.63, 3.8) is 0 Å². The molecule has 3 aromatic carbocycles. The average molecular weight is 910 g/mol. The molecule has 15 nitrogen and oxygen atoms in total. The first-order chi connectivity index (χ1) is 31.4. The largest absolute Gasteiger partial charge is 0.453 e. The predicted octanol–water partition coefficient (Wildman–Crippen LogP) is 6.89. The first kappa shape index (κ1) is 49.9. The second kappa shape index (κ2) is 21.4. The third-order valence-electron chi connectivity index (χ3n) is 13.6. The lowest BCUT2D eigenvalue weighted by Crippen LogP contribution is -2.59. The number of likely N-dealkylation sites (tertiary alicyclic amines) is 2. The maximum Gasteiger partial charge on any atom is 0.407 e. The highest BCUT2D eigenvalue weighted by Crippen LogP contribution is 2.47. The molecule has 15 heteroatoms. The number of benzene rings is 3. The van der Waals surface area contributed by atoms with Crippen molar-refractivity contribution in [2.24, 2.45) is 11.8 Å². The highest BCUT2D eigenvalue weighted by atomic mass is 16.6. The van der Waals surface area contributed by atoms with Gasteiger partial charge in [0.05, 0.1) is 25.2 Å². The van der Waals surface area contributed by atoms with E-state index in [1.54, 1.807) is 9.80 Å². The molecule has 6 rings (SSSR count). The maximum absolute atomic E-state index is 13.8. The molecule has 3 aliphatic heterocycles. The summed E-state index contributed by atoms with van der Waals surface area (Å²) in [6.45, 7) is 15.2. The third kappa shape index (κ3) is 11.2. The number of rotatable bonds is 17. The van der Waals surface area contributed by atoms with Crippen LogP contribution >= 0.6 is 0 Å². The number of carbonyl (C=O) groups is 5. The number of hydrogen-bond acceptors (Lipinski definition) is 11. The molecule has 3 fully saturated rings. The van der Waals surface area contributed by atoms with Crippen LogP contribution in [0, 0.1) is 11.8 Å². The van der Waals surface area contributed by atoms with E-state index in [1.165, 1.54) is 19.8 Å². The van der Waals surface area contributed by atoms with E-state index in [4.69, 9.17) is 9.47 Å². The molecule has 2 unspecified atom stereocenters. The summed E-state index contributed by atoms with van der Waals surface area (Å²) in [5.41, 5.74) is 5.02. The Bertz CT molecular complexity index is 2140. The number of anilines is 3. The fourth-order valence-corrected chi connectivity index (χ4v) is 9.75. The van der Waals surface area contributed by atoms with Gasteiger partial charge in [0, 0.05) is 43.8 Å². The molecule has 7 atom stereocenters. The zero-order valence-corrected chi connectivity index (χ0v) is 40.1. The van der Waals surface area contributed by atoms with E-state index in [0.29, 0.717) is 44.5 Å². The summed E-state index contributed by atoms with van der Waals surface area (Å²) in [6.07, 6.45) is 3.10. The van der Waals surface area contributed by atoms with Crippen LogP contribution in [0.1, 0.15) is 116 Å². The Hall–Kier alpha value is -5.51. The highest BCUT2D eigenvalue weighted by Gasteiger charge is 2.46. The van der Waals surface area contributed by atoms with Crippen LogP contribution in [0.3, 0.4) is 0 Å². The van der Waals surface area contributed by atoms with Gasteiger partial charge in [-0.3, -0.25) is 19.7 Å². The van der Waals surface area contributed by atoms with Gasteiger partial charge in [0.15, 0.2) is 0 Å². The van der Waals surface area contributed by atoms with E-state index in [1.807, 2.05) is 52.0 Å².